The third-order valence-corrected chi connectivity index (χ3v) is 4.59. The van der Waals surface area contributed by atoms with E-state index in [-0.39, 0.29) is 0 Å². The Bertz CT molecular complexity index is 363. The Morgan fingerprint density at radius 2 is 2.24 bits per heavy atom. The molecule has 94 valence electrons. The zero-order chi connectivity index (χ0) is 12.1. The number of hydrogen-bond donors (Lipinski definition) is 2. The Labute approximate surface area is 108 Å². The minimum absolute atomic E-state index is 0.500. The minimum atomic E-state index is 0.500. The summed E-state index contributed by atoms with van der Waals surface area (Å²) in [6.45, 7) is 4.20. The van der Waals surface area contributed by atoms with Crippen LogP contribution in [-0.2, 0) is 0 Å². The lowest BCUT2D eigenvalue weighted by molar-refractivity contribution is 0.946. The molecule has 1 aliphatic rings. The summed E-state index contributed by atoms with van der Waals surface area (Å²) in [4.78, 5) is 4.30. The maximum absolute atomic E-state index is 4.30. The zero-order valence-corrected chi connectivity index (χ0v) is 11.4. The van der Waals surface area contributed by atoms with Gasteiger partial charge in [-0.25, -0.2) is 4.98 Å². The van der Waals surface area contributed by atoms with Crippen LogP contribution in [-0.4, -0.2) is 29.1 Å². The van der Waals surface area contributed by atoms with Crippen LogP contribution in [0.3, 0.4) is 0 Å². The molecule has 0 unspecified atom stereocenters. The first kappa shape index (κ1) is 12.6. The first-order valence-electron chi connectivity index (χ1n) is 6.27. The fourth-order valence-corrected chi connectivity index (χ4v) is 2.47. The fourth-order valence-electron chi connectivity index (χ4n) is 1.75. The number of nitrogens with zero attached hydrogens (tertiary/aromatic N) is 1. The lowest BCUT2D eigenvalue weighted by atomic mass is 10.3. The first-order valence-corrected chi connectivity index (χ1v) is 7.49. The summed E-state index contributed by atoms with van der Waals surface area (Å²) in [5.74, 6) is 0.964. The standard InChI is InChI=1S/C13H21N3S/c1-3-7-14-12-9-11(4-8-15-12)16-10-13(17-2)5-6-13/h4,8-9H,3,5-7,10H2,1-2H3,(H2,14,15,16). The van der Waals surface area contributed by atoms with Crippen LogP contribution in [0.1, 0.15) is 26.2 Å². The summed E-state index contributed by atoms with van der Waals surface area (Å²) in [5.41, 5.74) is 1.17. The molecule has 1 aromatic rings. The Morgan fingerprint density at radius 1 is 1.41 bits per heavy atom. The second kappa shape index (κ2) is 5.63. The van der Waals surface area contributed by atoms with E-state index in [1.165, 1.54) is 18.5 Å². The van der Waals surface area contributed by atoms with Crippen LogP contribution in [0.25, 0.3) is 0 Å². The molecule has 0 spiro atoms. The van der Waals surface area contributed by atoms with E-state index in [0.29, 0.717) is 4.75 Å². The predicted octanol–water partition coefficient (Wildman–Crippen LogP) is 3.21. The number of hydrogen-bond acceptors (Lipinski definition) is 4. The van der Waals surface area contributed by atoms with Gasteiger partial charge in [-0.1, -0.05) is 6.92 Å². The van der Waals surface area contributed by atoms with Gasteiger partial charge in [0.25, 0.3) is 0 Å². The monoisotopic (exact) mass is 251 g/mol. The fraction of sp³-hybridized carbons (Fsp3) is 0.615. The predicted molar refractivity (Wildman–Crippen MR) is 77.0 cm³/mol. The molecule has 0 radical (unpaired) electrons. The molecule has 2 rings (SSSR count). The average molecular weight is 251 g/mol. The van der Waals surface area contributed by atoms with E-state index in [1.807, 2.05) is 24.0 Å². The molecular weight excluding hydrogens is 230 g/mol. The van der Waals surface area contributed by atoms with E-state index in [4.69, 9.17) is 0 Å². The van der Waals surface area contributed by atoms with E-state index < -0.39 is 0 Å². The summed E-state index contributed by atoms with van der Waals surface area (Å²) >= 11 is 1.98. The second-order valence-electron chi connectivity index (χ2n) is 4.60. The highest BCUT2D eigenvalue weighted by molar-refractivity contribution is 8.00. The van der Waals surface area contributed by atoms with E-state index in [9.17, 15) is 0 Å². The highest BCUT2D eigenvalue weighted by Gasteiger charge is 2.41. The van der Waals surface area contributed by atoms with Gasteiger partial charge >= 0.3 is 0 Å². The largest absolute Gasteiger partial charge is 0.383 e. The van der Waals surface area contributed by atoms with E-state index in [1.54, 1.807) is 0 Å². The molecule has 1 aliphatic carbocycles. The smallest absolute Gasteiger partial charge is 0.127 e. The van der Waals surface area contributed by atoms with E-state index >= 15 is 0 Å². The summed E-state index contributed by atoms with van der Waals surface area (Å²) in [7, 11) is 0. The van der Waals surface area contributed by atoms with Gasteiger partial charge in [-0.15, -0.1) is 0 Å². The van der Waals surface area contributed by atoms with Crippen LogP contribution < -0.4 is 10.6 Å². The number of pyridine rings is 1. The minimum Gasteiger partial charge on any atom is -0.383 e. The van der Waals surface area contributed by atoms with Crippen molar-refractivity contribution in [3.05, 3.63) is 18.3 Å². The topological polar surface area (TPSA) is 37.0 Å². The first-order chi connectivity index (χ1) is 8.28. The molecule has 0 bridgehead atoms. The molecule has 0 atom stereocenters. The van der Waals surface area contributed by atoms with Gasteiger partial charge in [-0.2, -0.15) is 11.8 Å². The van der Waals surface area contributed by atoms with Gasteiger partial charge in [-0.05, 0) is 31.6 Å². The van der Waals surface area contributed by atoms with Crippen molar-refractivity contribution in [2.45, 2.75) is 30.9 Å². The van der Waals surface area contributed by atoms with Crippen LogP contribution in [0.5, 0.6) is 0 Å². The molecular formula is C13H21N3S. The molecule has 1 saturated carbocycles. The van der Waals surface area contributed by atoms with Crippen molar-refractivity contribution in [3.63, 3.8) is 0 Å². The maximum Gasteiger partial charge on any atom is 0.127 e. The van der Waals surface area contributed by atoms with E-state index in [2.05, 4.69) is 34.9 Å². The summed E-state index contributed by atoms with van der Waals surface area (Å²) in [6, 6.07) is 4.12. The van der Waals surface area contributed by atoms with Crippen molar-refractivity contribution < 1.29 is 0 Å². The summed E-state index contributed by atoms with van der Waals surface area (Å²) < 4.78 is 0.500. The van der Waals surface area contributed by atoms with Gasteiger partial charge in [0.15, 0.2) is 0 Å². The van der Waals surface area contributed by atoms with Gasteiger partial charge < -0.3 is 10.6 Å². The number of nitrogens with one attached hydrogen (secondary N) is 2. The Balaban J connectivity index is 1.87. The van der Waals surface area contributed by atoms with Crippen molar-refractivity contribution in [2.75, 3.05) is 30.0 Å². The molecule has 1 aromatic heterocycles. The van der Waals surface area contributed by atoms with Crippen LogP contribution in [0, 0.1) is 0 Å². The number of anilines is 2. The molecule has 17 heavy (non-hydrogen) atoms. The molecule has 0 aliphatic heterocycles. The molecule has 2 N–H and O–H groups in total. The highest BCUT2D eigenvalue weighted by atomic mass is 32.2. The van der Waals surface area contributed by atoms with Crippen molar-refractivity contribution in [1.29, 1.82) is 0 Å². The van der Waals surface area contributed by atoms with Crippen molar-refractivity contribution in [1.82, 2.24) is 4.98 Å². The summed E-state index contributed by atoms with van der Waals surface area (Å²) in [6.07, 6.45) is 7.86. The highest BCUT2D eigenvalue weighted by Crippen LogP contribution is 2.47. The molecule has 0 aromatic carbocycles. The Morgan fingerprint density at radius 3 is 2.88 bits per heavy atom. The summed E-state index contributed by atoms with van der Waals surface area (Å²) in [5, 5.41) is 6.82. The molecule has 0 saturated heterocycles. The molecule has 3 nitrogen and oxygen atoms in total. The normalized spacial score (nSPS) is 16.6. The number of aromatic nitrogens is 1. The number of thioether (sulfide) groups is 1. The zero-order valence-electron chi connectivity index (χ0n) is 10.6. The molecule has 0 amide bonds. The van der Waals surface area contributed by atoms with Crippen LogP contribution in [0.15, 0.2) is 18.3 Å². The second-order valence-corrected chi connectivity index (χ2v) is 5.87. The van der Waals surface area contributed by atoms with Gasteiger partial charge in [0.2, 0.25) is 0 Å². The van der Waals surface area contributed by atoms with Crippen molar-refractivity contribution >= 4 is 23.3 Å². The van der Waals surface area contributed by atoms with Gasteiger partial charge in [0, 0.05) is 35.8 Å². The third kappa shape index (κ3) is 3.53. The van der Waals surface area contributed by atoms with Gasteiger partial charge in [0.05, 0.1) is 0 Å². The number of rotatable bonds is 7. The van der Waals surface area contributed by atoms with Crippen LogP contribution >= 0.6 is 11.8 Å². The Kier molecular flexibility index (Phi) is 4.15. The third-order valence-electron chi connectivity index (χ3n) is 3.17. The molecule has 1 fully saturated rings. The van der Waals surface area contributed by atoms with Gasteiger partial charge in [-0.3, -0.25) is 0 Å². The van der Waals surface area contributed by atoms with Crippen molar-refractivity contribution in [3.8, 4) is 0 Å². The lowest BCUT2D eigenvalue weighted by Gasteiger charge is -2.14. The quantitative estimate of drug-likeness (QED) is 0.780. The average Bonchev–Trinajstić information content (AvgIpc) is 3.15. The van der Waals surface area contributed by atoms with Crippen LogP contribution in [0.2, 0.25) is 0 Å². The SMILES string of the molecule is CCCNc1cc(NCC2(SC)CC2)ccn1. The molecule has 4 heteroatoms. The Hall–Kier alpha value is -0.900. The lowest BCUT2D eigenvalue weighted by Crippen LogP contribution is -2.17. The maximum atomic E-state index is 4.30. The van der Waals surface area contributed by atoms with Crippen LogP contribution in [0.4, 0.5) is 11.5 Å². The van der Waals surface area contributed by atoms with Gasteiger partial charge in [0.1, 0.15) is 5.82 Å². The van der Waals surface area contributed by atoms with Crippen molar-refractivity contribution in [2.24, 2.45) is 0 Å². The molecule has 1 heterocycles. The van der Waals surface area contributed by atoms with E-state index in [0.717, 1.165) is 25.3 Å².